The summed E-state index contributed by atoms with van der Waals surface area (Å²) in [4.78, 5) is 21.3. The predicted octanol–water partition coefficient (Wildman–Crippen LogP) is 12.3. The van der Waals surface area contributed by atoms with Crippen molar-refractivity contribution in [3.8, 4) is 22.5 Å². The van der Waals surface area contributed by atoms with Gasteiger partial charge >= 0.3 is 0 Å². The van der Waals surface area contributed by atoms with Crippen molar-refractivity contribution in [1.82, 2.24) is 9.97 Å². The Labute approximate surface area is 311 Å². The predicted molar refractivity (Wildman–Crippen MR) is 206 cm³/mol. The van der Waals surface area contributed by atoms with E-state index < -0.39 is 0 Å². The number of hydrogen-bond donors (Lipinski definition) is 1. The number of benzene rings is 2. The average Bonchev–Trinajstić information content (AvgIpc) is 3.46. The molecule has 3 aromatic heterocycles. The van der Waals surface area contributed by atoms with Crippen LogP contribution in [-0.2, 0) is 36.7 Å². The molecule has 0 saturated carbocycles. The topological polar surface area (TPSA) is 63.1 Å². The van der Waals surface area contributed by atoms with Crippen molar-refractivity contribution < 1.29 is 30.0 Å². The second-order valence-electron chi connectivity index (χ2n) is 14.2. The first-order valence-corrected chi connectivity index (χ1v) is 18.5. The molecule has 0 fully saturated rings. The molecule has 0 amide bonds. The molecule has 0 bridgehead atoms. The van der Waals surface area contributed by atoms with Crippen molar-refractivity contribution >= 4 is 38.0 Å². The molecule has 0 aliphatic heterocycles. The van der Waals surface area contributed by atoms with Gasteiger partial charge in [-0.2, -0.15) is 0 Å². The van der Waals surface area contributed by atoms with Gasteiger partial charge in [-0.15, -0.1) is 40.5 Å². The molecule has 263 valence electrons. The number of hydrogen-bond acceptors (Lipinski definition) is 5. The Kier molecular flexibility index (Phi) is 14.9. The molecule has 0 aliphatic carbocycles. The summed E-state index contributed by atoms with van der Waals surface area (Å²) in [7, 11) is 0. The van der Waals surface area contributed by atoms with Gasteiger partial charge in [0.05, 0.1) is 11.5 Å². The summed E-state index contributed by atoms with van der Waals surface area (Å²) in [5.41, 5.74) is 6.77. The van der Waals surface area contributed by atoms with Crippen molar-refractivity contribution in [3.63, 3.8) is 0 Å². The fraction of sp³-hybridized carbons (Fsp3) is 0.419. The fourth-order valence-electron chi connectivity index (χ4n) is 6.23. The third kappa shape index (κ3) is 10.2. The van der Waals surface area contributed by atoms with Gasteiger partial charge in [0.15, 0.2) is 5.78 Å². The molecule has 5 rings (SSSR count). The van der Waals surface area contributed by atoms with Crippen molar-refractivity contribution in [2.75, 3.05) is 0 Å². The Morgan fingerprint density at radius 2 is 1.57 bits per heavy atom. The molecule has 6 heteroatoms. The molecule has 0 unspecified atom stereocenters. The average molecular weight is 854 g/mol. The van der Waals surface area contributed by atoms with E-state index in [4.69, 9.17) is 9.97 Å². The van der Waals surface area contributed by atoms with Gasteiger partial charge < -0.3 is 5.11 Å². The number of aromatic nitrogens is 2. The minimum atomic E-state index is 0. The van der Waals surface area contributed by atoms with Crippen LogP contribution in [0.1, 0.15) is 99.1 Å². The maximum absolute atomic E-state index is 11.7. The normalized spacial score (nSPS) is 12.0. The van der Waals surface area contributed by atoms with E-state index in [0.29, 0.717) is 5.92 Å². The van der Waals surface area contributed by atoms with Gasteiger partial charge in [0.1, 0.15) is 0 Å². The molecule has 2 aromatic carbocycles. The van der Waals surface area contributed by atoms with Gasteiger partial charge in [-0.25, -0.2) is 0 Å². The molecular formula is C43H53IrN2O2S-. The molecule has 49 heavy (non-hydrogen) atoms. The molecule has 5 aromatic rings. The number of ketones is 1. The van der Waals surface area contributed by atoms with Crippen molar-refractivity contribution in [2.45, 2.75) is 99.8 Å². The van der Waals surface area contributed by atoms with E-state index in [1.54, 1.807) is 0 Å². The second-order valence-corrected chi connectivity index (χ2v) is 15.2. The van der Waals surface area contributed by atoms with Crippen LogP contribution in [0, 0.1) is 23.8 Å². The molecule has 0 atom stereocenters. The Hall–Kier alpha value is -3.18. The van der Waals surface area contributed by atoms with Crippen molar-refractivity contribution in [2.24, 2.45) is 17.8 Å². The minimum Gasteiger partial charge on any atom is -0.512 e. The molecule has 0 spiro atoms. The van der Waals surface area contributed by atoms with Gasteiger partial charge in [0.2, 0.25) is 0 Å². The number of carbonyl (C=O) groups excluding carboxylic acids is 1. The SMILES string of the molecule is CC(C)Cc1csc2cc(-c3ccnc(-c4[c-]c5ccccc5c(C(C)(C)C)c4)c3)ncc12.CCC(CC)C(=O)/C=C(\O)C(CC)CC.[Ir]. The standard InChI is InChI=1S/C30H29N2S.C13H24O2.Ir/c1-19(2)12-23-18-33-29-16-28(32-17-25(23)29)21-10-11-31-27(15-21)22-13-20-8-6-7-9-24(20)26(14-22)30(3,4)5;1-5-10(6-2)12(14)9-13(15)11(7-3)8-4;/h6-11,14-19H,12H2,1-5H3;9-11,14H,5-8H2,1-4H3;/q-1;;/b;12-9-;. The van der Waals surface area contributed by atoms with E-state index in [0.717, 1.165) is 60.0 Å². The summed E-state index contributed by atoms with van der Waals surface area (Å²) in [6, 6.07) is 20.8. The Morgan fingerprint density at radius 3 is 2.20 bits per heavy atom. The number of pyridine rings is 2. The smallest absolute Gasteiger partial charge is 0.162 e. The maximum atomic E-state index is 11.7. The zero-order chi connectivity index (χ0) is 35.0. The molecular weight excluding hydrogens is 801 g/mol. The largest absolute Gasteiger partial charge is 0.512 e. The molecule has 1 radical (unpaired) electrons. The maximum Gasteiger partial charge on any atom is 0.162 e. The Morgan fingerprint density at radius 1 is 0.898 bits per heavy atom. The third-order valence-electron chi connectivity index (χ3n) is 9.17. The van der Waals surface area contributed by atoms with Gasteiger partial charge in [-0.3, -0.25) is 14.8 Å². The van der Waals surface area contributed by atoms with Crippen LogP contribution >= 0.6 is 11.3 Å². The van der Waals surface area contributed by atoms with Crippen LogP contribution in [0.15, 0.2) is 78.1 Å². The van der Waals surface area contributed by atoms with E-state index in [9.17, 15) is 9.90 Å². The first kappa shape index (κ1) is 40.3. The number of fused-ring (bicyclic) bond motifs is 2. The molecule has 4 nitrogen and oxygen atoms in total. The number of nitrogens with zero attached hydrogens (tertiary/aromatic N) is 2. The zero-order valence-corrected chi connectivity index (χ0v) is 33.9. The van der Waals surface area contributed by atoms with Crippen LogP contribution in [0.3, 0.4) is 0 Å². The van der Waals surface area contributed by atoms with Crippen LogP contribution in [0.5, 0.6) is 0 Å². The first-order valence-electron chi connectivity index (χ1n) is 17.6. The third-order valence-corrected chi connectivity index (χ3v) is 10.2. The van der Waals surface area contributed by atoms with Gasteiger partial charge in [0, 0.05) is 66.2 Å². The number of aliphatic hydroxyl groups excluding tert-OH is 1. The van der Waals surface area contributed by atoms with Gasteiger partial charge in [-0.1, -0.05) is 97.5 Å². The first-order chi connectivity index (χ1) is 22.9. The van der Waals surface area contributed by atoms with E-state index in [2.05, 4.69) is 88.5 Å². The monoisotopic (exact) mass is 854 g/mol. The van der Waals surface area contributed by atoms with Crippen molar-refractivity contribution in [3.05, 3.63) is 95.3 Å². The van der Waals surface area contributed by atoms with Crippen LogP contribution in [-0.4, -0.2) is 20.9 Å². The van der Waals surface area contributed by atoms with Crippen LogP contribution in [0.4, 0.5) is 0 Å². The van der Waals surface area contributed by atoms with Crippen LogP contribution in [0.25, 0.3) is 43.4 Å². The van der Waals surface area contributed by atoms with Gasteiger partial charge in [-0.05, 0) is 72.1 Å². The number of thiophene rings is 1. The fourth-order valence-corrected chi connectivity index (χ4v) is 7.22. The summed E-state index contributed by atoms with van der Waals surface area (Å²) >= 11 is 1.81. The van der Waals surface area contributed by atoms with Crippen molar-refractivity contribution in [1.29, 1.82) is 0 Å². The van der Waals surface area contributed by atoms with E-state index in [-0.39, 0.29) is 48.9 Å². The van der Waals surface area contributed by atoms with E-state index in [1.807, 2.05) is 57.5 Å². The Bertz CT molecular complexity index is 1860. The summed E-state index contributed by atoms with van der Waals surface area (Å²) in [5.74, 6) is 1.19. The summed E-state index contributed by atoms with van der Waals surface area (Å²) in [6.45, 7) is 19.4. The molecule has 1 N–H and O–H groups in total. The number of allylic oxidation sites excluding steroid dienone is 2. The second kappa shape index (κ2) is 18.2. The molecule has 0 aliphatic rings. The van der Waals surface area contributed by atoms with Crippen LogP contribution < -0.4 is 0 Å². The van der Waals surface area contributed by atoms with E-state index in [1.165, 1.54) is 32.7 Å². The summed E-state index contributed by atoms with van der Waals surface area (Å²) < 4.78 is 1.29. The van der Waals surface area contributed by atoms with E-state index >= 15 is 0 Å². The quantitative estimate of drug-likeness (QED) is 0.0817. The molecule has 3 heterocycles. The minimum absolute atomic E-state index is 0. The Balaban J connectivity index is 0.000000347. The van der Waals surface area contributed by atoms with Crippen LogP contribution in [0.2, 0.25) is 0 Å². The number of rotatable bonds is 11. The summed E-state index contributed by atoms with van der Waals surface area (Å²) in [5, 5.41) is 15.7. The summed E-state index contributed by atoms with van der Waals surface area (Å²) in [6.07, 6.45) is 9.92. The number of carbonyl (C=O) groups is 1. The number of aliphatic hydroxyl groups is 1. The molecule has 0 saturated heterocycles. The zero-order valence-electron chi connectivity index (χ0n) is 30.7. The van der Waals surface area contributed by atoms with Gasteiger partial charge in [0.25, 0.3) is 0 Å².